The van der Waals surface area contributed by atoms with Crippen molar-refractivity contribution in [2.45, 2.75) is 44.2 Å². The van der Waals surface area contributed by atoms with Gasteiger partial charge in [-0.1, -0.05) is 0 Å². The highest BCUT2D eigenvalue weighted by Crippen LogP contribution is 2.39. The summed E-state index contributed by atoms with van der Waals surface area (Å²) in [6.07, 6.45) is -0.651. The van der Waals surface area contributed by atoms with E-state index < -0.39 is 30.3 Å². The Labute approximate surface area is 142 Å². The Hall–Kier alpha value is -2.34. The van der Waals surface area contributed by atoms with Crippen LogP contribution < -0.4 is 16.8 Å². The average molecular weight is 349 g/mol. The van der Waals surface area contributed by atoms with Gasteiger partial charge in [-0.25, -0.2) is 15.0 Å². The third-order valence-electron chi connectivity index (χ3n) is 4.14. The highest BCUT2D eigenvalue weighted by atomic mass is 16.8. The van der Waals surface area contributed by atoms with Crippen LogP contribution in [-0.4, -0.2) is 62.0 Å². The lowest BCUT2D eigenvalue weighted by molar-refractivity contribution is -0.187. The normalized spacial score (nSPS) is 30.5. The molecule has 4 rings (SSSR count). The summed E-state index contributed by atoms with van der Waals surface area (Å²) in [4.78, 5) is 16.3. The number of hydrogen-bond donors (Lipinski definition) is 4. The van der Waals surface area contributed by atoms with E-state index in [0.717, 1.165) is 0 Å². The van der Waals surface area contributed by atoms with E-state index in [9.17, 15) is 5.11 Å². The number of nitrogen functional groups attached to an aromatic ring is 2. The average Bonchev–Trinajstić information content (AvgIpc) is 3.02. The summed E-state index contributed by atoms with van der Waals surface area (Å²) in [5.41, 5.74) is 12.3. The van der Waals surface area contributed by atoms with Crippen LogP contribution in [0.2, 0.25) is 0 Å². The fourth-order valence-electron chi connectivity index (χ4n) is 3.16. The quantitative estimate of drug-likeness (QED) is 0.550. The summed E-state index contributed by atoms with van der Waals surface area (Å²) >= 11 is 0. The van der Waals surface area contributed by atoms with Gasteiger partial charge in [0.1, 0.15) is 35.7 Å². The van der Waals surface area contributed by atoms with Crippen molar-refractivity contribution in [2.75, 3.05) is 23.4 Å². The number of ether oxygens (including phenoxy) is 3. The van der Waals surface area contributed by atoms with Gasteiger partial charge in [-0.15, -0.1) is 0 Å². The number of aromatic nitrogens is 4. The first-order valence-electron chi connectivity index (χ1n) is 7.80. The van der Waals surface area contributed by atoms with Crippen LogP contribution in [0.5, 0.6) is 0 Å². The van der Waals surface area contributed by atoms with Crippen molar-refractivity contribution < 1.29 is 19.3 Å². The summed E-state index contributed by atoms with van der Waals surface area (Å²) in [6, 6.07) is 0. The topological polar surface area (TPSA) is 164 Å². The van der Waals surface area contributed by atoms with Gasteiger partial charge in [0, 0.05) is 0 Å². The van der Waals surface area contributed by atoms with E-state index in [0.29, 0.717) is 16.9 Å². The van der Waals surface area contributed by atoms with Crippen LogP contribution in [0.15, 0.2) is 6.33 Å². The first-order chi connectivity index (χ1) is 11.9. The molecule has 0 bridgehead atoms. The van der Waals surface area contributed by atoms with Gasteiger partial charge < -0.3 is 36.1 Å². The highest BCUT2D eigenvalue weighted by Gasteiger charge is 2.55. The molecule has 2 aliphatic rings. The van der Waals surface area contributed by atoms with Crippen molar-refractivity contribution in [1.82, 2.24) is 19.9 Å². The van der Waals surface area contributed by atoms with Crippen LogP contribution in [0.1, 0.15) is 13.8 Å². The maximum atomic E-state index is 9.55. The van der Waals surface area contributed by atoms with Crippen LogP contribution in [0.4, 0.5) is 17.6 Å². The monoisotopic (exact) mass is 349 g/mol. The standard InChI is InChI=1S/C14H19N7O4/c1-14(2)24-8-5(3-22)23-12(9(8)25-14)20-11-7-6(19-13(16)21-11)10(15)18-4-17-7/h4-5,8-9,12,22H,3H2,1-2H3,(H2,15,17,18)(H3,16,19,20,21)/t5-,8-,9-,12-/m1/s1. The van der Waals surface area contributed by atoms with Crippen molar-refractivity contribution in [1.29, 1.82) is 0 Å². The Morgan fingerprint density at radius 3 is 2.68 bits per heavy atom. The predicted molar refractivity (Wildman–Crippen MR) is 87.1 cm³/mol. The molecule has 0 aromatic carbocycles. The Morgan fingerprint density at radius 1 is 1.16 bits per heavy atom. The molecule has 4 atom stereocenters. The molecule has 2 fully saturated rings. The Balaban J connectivity index is 1.69. The minimum Gasteiger partial charge on any atom is -0.394 e. The number of nitrogens with two attached hydrogens (primary N) is 2. The molecule has 0 amide bonds. The number of rotatable bonds is 3. The van der Waals surface area contributed by atoms with Crippen molar-refractivity contribution in [2.24, 2.45) is 0 Å². The number of aliphatic hydroxyl groups is 1. The fourth-order valence-corrected chi connectivity index (χ4v) is 3.16. The molecule has 6 N–H and O–H groups in total. The molecule has 2 saturated heterocycles. The second kappa shape index (κ2) is 5.59. The van der Waals surface area contributed by atoms with Crippen LogP contribution in [0.3, 0.4) is 0 Å². The number of aliphatic hydroxyl groups excluding tert-OH is 1. The first-order valence-corrected chi connectivity index (χ1v) is 7.80. The van der Waals surface area contributed by atoms with Crippen LogP contribution in [0, 0.1) is 0 Å². The number of nitrogens with zero attached hydrogens (tertiary/aromatic N) is 4. The van der Waals surface area contributed by atoms with Crippen molar-refractivity contribution >= 4 is 28.6 Å². The lowest BCUT2D eigenvalue weighted by atomic mass is 10.1. The van der Waals surface area contributed by atoms with Gasteiger partial charge in [0.05, 0.1) is 6.61 Å². The molecule has 2 aliphatic heterocycles. The van der Waals surface area contributed by atoms with E-state index >= 15 is 0 Å². The summed E-state index contributed by atoms with van der Waals surface area (Å²) in [5, 5.41) is 12.7. The van der Waals surface area contributed by atoms with E-state index in [1.807, 2.05) is 13.8 Å². The number of hydrogen-bond acceptors (Lipinski definition) is 11. The van der Waals surface area contributed by atoms with Crippen molar-refractivity contribution in [3.8, 4) is 0 Å². The molecule has 11 heteroatoms. The van der Waals surface area contributed by atoms with Gasteiger partial charge in [-0.3, -0.25) is 0 Å². The summed E-state index contributed by atoms with van der Waals surface area (Å²) in [7, 11) is 0. The maximum absolute atomic E-state index is 9.55. The molecule has 4 heterocycles. The van der Waals surface area contributed by atoms with E-state index in [2.05, 4.69) is 25.3 Å². The lowest BCUT2D eigenvalue weighted by Crippen LogP contribution is -2.35. The second-order valence-corrected chi connectivity index (χ2v) is 6.37. The van der Waals surface area contributed by atoms with Crippen LogP contribution in [-0.2, 0) is 14.2 Å². The molecule has 0 radical (unpaired) electrons. The van der Waals surface area contributed by atoms with E-state index in [1.165, 1.54) is 6.33 Å². The van der Waals surface area contributed by atoms with Gasteiger partial charge in [0.2, 0.25) is 5.95 Å². The Bertz CT molecular complexity index is 817. The molecular weight excluding hydrogens is 330 g/mol. The van der Waals surface area contributed by atoms with Gasteiger partial charge in [-0.05, 0) is 13.8 Å². The van der Waals surface area contributed by atoms with Crippen LogP contribution >= 0.6 is 0 Å². The van der Waals surface area contributed by atoms with Gasteiger partial charge in [-0.2, -0.15) is 4.98 Å². The molecule has 25 heavy (non-hydrogen) atoms. The van der Waals surface area contributed by atoms with Crippen molar-refractivity contribution in [3.63, 3.8) is 0 Å². The van der Waals surface area contributed by atoms with E-state index in [4.69, 9.17) is 25.7 Å². The molecule has 0 aliphatic carbocycles. The fraction of sp³-hybridized carbons (Fsp3) is 0.571. The molecule has 11 nitrogen and oxygen atoms in total. The highest BCUT2D eigenvalue weighted by molar-refractivity contribution is 5.92. The molecule has 0 spiro atoms. The zero-order valence-corrected chi connectivity index (χ0v) is 13.7. The third-order valence-corrected chi connectivity index (χ3v) is 4.14. The largest absolute Gasteiger partial charge is 0.394 e. The zero-order chi connectivity index (χ0) is 17.8. The van der Waals surface area contributed by atoms with Gasteiger partial charge >= 0.3 is 0 Å². The maximum Gasteiger partial charge on any atom is 0.222 e. The molecule has 0 saturated carbocycles. The molecule has 0 unspecified atom stereocenters. The predicted octanol–water partition coefficient (Wildman–Crippen LogP) is -0.767. The van der Waals surface area contributed by atoms with Gasteiger partial charge in [0.15, 0.2) is 23.7 Å². The minimum absolute atomic E-state index is 0.0219. The molecule has 2 aromatic heterocycles. The smallest absolute Gasteiger partial charge is 0.222 e. The number of nitrogens with one attached hydrogen (secondary N) is 1. The van der Waals surface area contributed by atoms with E-state index in [1.54, 1.807) is 0 Å². The molecular formula is C14H19N7O4. The van der Waals surface area contributed by atoms with Crippen molar-refractivity contribution in [3.05, 3.63) is 6.33 Å². The summed E-state index contributed by atoms with van der Waals surface area (Å²) in [6.45, 7) is 3.42. The lowest BCUT2D eigenvalue weighted by Gasteiger charge is -2.24. The summed E-state index contributed by atoms with van der Waals surface area (Å²) < 4.78 is 17.5. The third kappa shape index (κ3) is 2.70. The van der Waals surface area contributed by atoms with Crippen LogP contribution in [0.25, 0.3) is 11.0 Å². The molecule has 134 valence electrons. The SMILES string of the molecule is CC1(C)O[C@@H]2[C@H](O1)[C@@H](CO)O[C@H]2Nc1nc(N)nc2c(N)ncnc12. The first kappa shape index (κ1) is 16.1. The Morgan fingerprint density at radius 2 is 1.92 bits per heavy atom. The minimum atomic E-state index is -0.772. The van der Waals surface area contributed by atoms with E-state index in [-0.39, 0.29) is 18.4 Å². The Kier molecular flexibility index (Phi) is 3.61. The second-order valence-electron chi connectivity index (χ2n) is 6.37. The molecule has 2 aromatic rings. The van der Waals surface area contributed by atoms with Gasteiger partial charge in [0.25, 0.3) is 0 Å². The zero-order valence-electron chi connectivity index (χ0n) is 13.7. The summed E-state index contributed by atoms with van der Waals surface area (Å²) in [5.74, 6) is -0.214. The number of anilines is 3. The number of fused-ring (bicyclic) bond motifs is 2.